The van der Waals surface area contributed by atoms with Gasteiger partial charge in [-0.1, -0.05) is 26.0 Å². The Kier molecular flexibility index (Phi) is 7.10. The predicted molar refractivity (Wildman–Crippen MR) is 98.6 cm³/mol. The smallest absolute Gasteiger partial charge is 0.305 e. The van der Waals surface area contributed by atoms with E-state index < -0.39 is 24.6 Å². The fourth-order valence-electron chi connectivity index (χ4n) is 3.44. The number of rotatable bonds is 8. The minimum Gasteiger partial charge on any atom is -0.481 e. The first-order valence-corrected chi connectivity index (χ1v) is 9.03. The molecule has 27 heavy (non-hydrogen) atoms. The van der Waals surface area contributed by atoms with Crippen LogP contribution in [0.4, 0.5) is 10.1 Å². The summed E-state index contributed by atoms with van der Waals surface area (Å²) in [4.78, 5) is 24.8. The van der Waals surface area contributed by atoms with Crippen LogP contribution in [-0.2, 0) is 9.59 Å². The molecule has 1 heterocycles. The third kappa shape index (κ3) is 5.61. The highest BCUT2D eigenvalue weighted by molar-refractivity contribution is 5.97. The van der Waals surface area contributed by atoms with E-state index >= 15 is 0 Å². The van der Waals surface area contributed by atoms with E-state index in [-0.39, 0.29) is 36.0 Å². The van der Waals surface area contributed by atoms with Crippen LogP contribution in [0.5, 0.6) is 0 Å². The number of nitrogens with zero attached hydrogens (tertiary/aromatic N) is 1. The third-order valence-electron chi connectivity index (χ3n) is 4.83. The average molecular weight is 379 g/mol. The Hall–Kier alpha value is -2.25. The molecule has 0 bridgehead atoms. The van der Waals surface area contributed by atoms with Gasteiger partial charge in [0.15, 0.2) is 0 Å². The van der Waals surface area contributed by atoms with E-state index in [9.17, 15) is 24.2 Å². The summed E-state index contributed by atoms with van der Waals surface area (Å²) in [7, 11) is 0. The summed E-state index contributed by atoms with van der Waals surface area (Å²) >= 11 is 0. The molecule has 1 aliphatic heterocycles. The number of carbonyl (C=O) groups is 2. The maximum Gasteiger partial charge on any atom is 0.305 e. The van der Waals surface area contributed by atoms with Crippen molar-refractivity contribution in [3.63, 3.8) is 0 Å². The van der Waals surface area contributed by atoms with E-state index in [1.807, 2.05) is 13.8 Å². The number of halogens is 1. The van der Waals surface area contributed by atoms with Crippen molar-refractivity contribution < 1.29 is 29.3 Å². The zero-order valence-corrected chi connectivity index (χ0v) is 15.5. The number of amides is 1. The van der Waals surface area contributed by atoms with Gasteiger partial charge in [-0.2, -0.15) is 0 Å². The summed E-state index contributed by atoms with van der Waals surface area (Å²) in [5.41, 5.74) is 0.583. The second-order valence-corrected chi connectivity index (χ2v) is 7.28. The molecule has 0 spiro atoms. The lowest BCUT2D eigenvalue weighted by Gasteiger charge is -2.28. The largest absolute Gasteiger partial charge is 0.481 e. The second kappa shape index (κ2) is 9.10. The molecule has 0 aliphatic carbocycles. The number of aliphatic carboxylic acids is 1. The number of anilines is 1. The molecule has 1 amide bonds. The maximum atomic E-state index is 13.2. The van der Waals surface area contributed by atoms with Crippen molar-refractivity contribution in [2.75, 3.05) is 4.90 Å². The predicted octanol–water partition coefficient (Wildman–Crippen LogP) is 2.35. The van der Waals surface area contributed by atoms with Crippen molar-refractivity contribution in [3.05, 3.63) is 42.2 Å². The minimum atomic E-state index is -1.15. The maximum absolute atomic E-state index is 13.2. The molecule has 7 heteroatoms. The first-order valence-electron chi connectivity index (χ1n) is 9.03. The van der Waals surface area contributed by atoms with Crippen LogP contribution in [0.3, 0.4) is 0 Å². The fourth-order valence-corrected chi connectivity index (χ4v) is 3.44. The van der Waals surface area contributed by atoms with Crippen molar-refractivity contribution in [3.8, 4) is 0 Å². The number of aliphatic hydroxyl groups excluding tert-OH is 2. The van der Waals surface area contributed by atoms with Crippen molar-refractivity contribution in [1.82, 2.24) is 0 Å². The molecule has 0 radical (unpaired) electrons. The Morgan fingerprint density at radius 3 is 2.48 bits per heavy atom. The number of carboxylic acids is 1. The lowest BCUT2D eigenvalue weighted by Crippen LogP contribution is -2.35. The van der Waals surface area contributed by atoms with Crippen LogP contribution in [0.15, 0.2) is 36.4 Å². The molecule has 0 aromatic heterocycles. The Balaban J connectivity index is 2.18. The number of benzene rings is 1. The first kappa shape index (κ1) is 21.1. The van der Waals surface area contributed by atoms with Crippen molar-refractivity contribution >= 4 is 17.6 Å². The Morgan fingerprint density at radius 1 is 1.30 bits per heavy atom. The van der Waals surface area contributed by atoms with E-state index in [0.717, 1.165) is 0 Å². The van der Waals surface area contributed by atoms with Gasteiger partial charge >= 0.3 is 5.97 Å². The molecule has 3 N–H and O–H groups in total. The van der Waals surface area contributed by atoms with E-state index in [4.69, 9.17) is 5.11 Å². The van der Waals surface area contributed by atoms with Crippen LogP contribution in [0, 0.1) is 17.7 Å². The fraction of sp³-hybridized carbons (Fsp3) is 0.500. The van der Waals surface area contributed by atoms with Gasteiger partial charge in [-0.25, -0.2) is 4.39 Å². The van der Waals surface area contributed by atoms with E-state index in [0.29, 0.717) is 12.1 Å². The van der Waals surface area contributed by atoms with Gasteiger partial charge in [-0.3, -0.25) is 9.59 Å². The zero-order chi connectivity index (χ0) is 20.1. The SMILES string of the molecule is CC(C)[C@H]1CC(=O)N(c2ccc(F)cc2)[C@@H]1/C=C/[C@@H](O)C[C@@H](O)CC(=O)O. The zero-order valence-electron chi connectivity index (χ0n) is 15.5. The quantitative estimate of drug-likeness (QED) is 0.602. The molecule has 4 atom stereocenters. The van der Waals surface area contributed by atoms with Gasteiger partial charge in [0.2, 0.25) is 5.91 Å². The average Bonchev–Trinajstić information content (AvgIpc) is 2.89. The van der Waals surface area contributed by atoms with Crippen molar-refractivity contribution in [2.24, 2.45) is 11.8 Å². The minimum absolute atomic E-state index is 0.0231. The standard InChI is InChI=1S/C20H26FNO5/c1-12(2)17-11-19(25)22(14-5-3-13(21)4-6-14)18(17)8-7-15(23)9-16(24)10-20(26)27/h3-8,12,15-18,23-24H,9-11H2,1-2H3,(H,26,27)/b8-7+/t15-,16-,17-,18-/m1/s1. The number of hydrogen-bond acceptors (Lipinski definition) is 4. The van der Waals surface area contributed by atoms with Gasteiger partial charge in [0, 0.05) is 18.5 Å². The monoisotopic (exact) mass is 379 g/mol. The highest BCUT2D eigenvalue weighted by Crippen LogP contribution is 2.36. The van der Waals surface area contributed by atoms with Crippen molar-refractivity contribution in [1.29, 1.82) is 0 Å². The Bertz CT molecular complexity index is 688. The molecular weight excluding hydrogens is 353 g/mol. The van der Waals surface area contributed by atoms with Crippen molar-refractivity contribution in [2.45, 2.75) is 51.4 Å². The van der Waals surface area contributed by atoms with E-state index in [2.05, 4.69) is 0 Å². The lowest BCUT2D eigenvalue weighted by molar-refractivity contribution is -0.139. The molecular formula is C20H26FNO5. The second-order valence-electron chi connectivity index (χ2n) is 7.28. The Labute approximate surface area is 157 Å². The summed E-state index contributed by atoms with van der Waals surface area (Å²) in [6.45, 7) is 4.03. The Morgan fingerprint density at radius 2 is 1.93 bits per heavy atom. The molecule has 1 saturated heterocycles. The molecule has 1 aromatic carbocycles. The van der Waals surface area contributed by atoms with Crippen LogP contribution in [-0.4, -0.2) is 45.4 Å². The van der Waals surface area contributed by atoms with Gasteiger partial charge in [0.1, 0.15) is 5.82 Å². The summed E-state index contributed by atoms with van der Waals surface area (Å²) in [6, 6.07) is 5.37. The topological polar surface area (TPSA) is 98.1 Å². The highest BCUT2D eigenvalue weighted by Gasteiger charge is 2.40. The number of carbonyl (C=O) groups excluding carboxylic acids is 1. The summed E-state index contributed by atoms with van der Waals surface area (Å²) in [5, 5.41) is 28.4. The molecule has 0 unspecified atom stereocenters. The van der Waals surface area contributed by atoms with E-state index in [1.165, 1.54) is 18.2 Å². The molecule has 1 aromatic rings. The first-order chi connectivity index (χ1) is 12.7. The summed E-state index contributed by atoms with van der Waals surface area (Å²) in [6.07, 6.45) is 0.827. The molecule has 1 aliphatic rings. The number of carboxylic acid groups (broad SMARTS) is 1. The van der Waals surface area contributed by atoms with Crippen LogP contribution >= 0.6 is 0 Å². The summed E-state index contributed by atoms with van der Waals surface area (Å²) < 4.78 is 13.2. The van der Waals surface area contributed by atoms with Crippen LogP contribution < -0.4 is 4.90 Å². The molecule has 6 nitrogen and oxygen atoms in total. The molecule has 2 rings (SSSR count). The van der Waals surface area contributed by atoms with Crippen LogP contribution in [0.2, 0.25) is 0 Å². The van der Waals surface area contributed by atoms with Gasteiger partial charge in [-0.15, -0.1) is 0 Å². The highest BCUT2D eigenvalue weighted by atomic mass is 19.1. The third-order valence-corrected chi connectivity index (χ3v) is 4.83. The lowest BCUT2D eigenvalue weighted by atomic mass is 9.88. The number of hydrogen-bond donors (Lipinski definition) is 3. The van der Waals surface area contributed by atoms with Gasteiger partial charge in [0.05, 0.1) is 24.7 Å². The number of aliphatic hydroxyl groups is 2. The summed E-state index contributed by atoms with van der Waals surface area (Å²) in [5.74, 6) is -1.36. The molecule has 1 fully saturated rings. The van der Waals surface area contributed by atoms with Gasteiger partial charge in [-0.05, 0) is 36.1 Å². The van der Waals surface area contributed by atoms with Crippen LogP contribution in [0.1, 0.15) is 33.1 Å². The van der Waals surface area contributed by atoms with Gasteiger partial charge in [0.25, 0.3) is 0 Å². The van der Waals surface area contributed by atoms with Crippen LogP contribution in [0.25, 0.3) is 0 Å². The van der Waals surface area contributed by atoms with Gasteiger partial charge < -0.3 is 20.2 Å². The molecule has 0 saturated carbocycles. The normalized spacial score (nSPS) is 22.6. The molecule has 148 valence electrons. The van der Waals surface area contributed by atoms with E-state index in [1.54, 1.807) is 23.1 Å².